The number of rotatable bonds is 1. The SMILES string of the molecule is CC1(C)C=Cc2ccc(F)c(C(N)=O)c2O1. The summed E-state index contributed by atoms with van der Waals surface area (Å²) in [6.07, 6.45) is 3.64. The first-order valence-corrected chi connectivity index (χ1v) is 4.91. The second kappa shape index (κ2) is 3.33. The van der Waals surface area contributed by atoms with Crippen LogP contribution >= 0.6 is 0 Å². The maximum absolute atomic E-state index is 13.5. The molecular formula is C12H12FNO2. The van der Waals surface area contributed by atoms with E-state index in [9.17, 15) is 9.18 Å². The second-order valence-electron chi connectivity index (χ2n) is 4.24. The number of carbonyl (C=O) groups is 1. The summed E-state index contributed by atoms with van der Waals surface area (Å²) in [5.74, 6) is -1.25. The fourth-order valence-electron chi connectivity index (χ4n) is 1.63. The minimum Gasteiger partial charge on any atom is -0.482 e. The minimum absolute atomic E-state index is 0.185. The smallest absolute Gasteiger partial charge is 0.255 e. The Kier molecular flexibility index (Phi) is 2.22. The van der Waals surface area contributed by atoms with E-state index in [0.29, 0.717) is 5.56 Å². The zero-order valence-electron chi connectivity index (χ0n) is 9.08. The highest BCUT2D eigenvalue weighted by atomic mass is 19.1. The molecule has 1 aliphatic rings. The molecule has 4 heteroatoms. The highest BCUT2D eigenvalue weighted by molar-refractivity contribution is 5.97. The van der Waals surface area contributed by atoms with Crippen molar-refractivity contribution >= 4 is 12.0 Å². The summed E-state index contributed by atoms with van der Waals surface area (Å²) in [6, 6.07) is 2.77. The number of nitrogens with two attached hydrogens (primary N) is 1. The van der Waals surface area contributed by atoms with Gasteiger partial charge in [-0.3, -0.25) is 4.79 Å². The van der Waals surface area contributed by atoms with Crippen molar-refractivity contribution in [3.05, 3.63) is 35.2 Å². The summed E-state index contributed by atoms with van der Waals surface area (Å²) in [6.45, 7) is 3.64. The maximum Gasteiger partial charge on any atom is 0.255 e. The zero-order valence-corrected chi connectivity index (χ0v) is 9.08. The highest BCUT2D eigenvalue weighted by Gasteiger charge is 2.27. The van der Waals surface area contributed by atoms with Crippen LogP contribution in [0.3, 0.4) is 0 Å². The van der Waals surface area contributed by atoms with Gasteiger partial charge in [0.15, 0.2) is 0 Å². The third-order valence-electron chi connectivity index (χ3n) is 2.41. The van der Waals surface area contributed by atoms with Gasteiger partial charge in [-0.1, -0.05) is 6.08 Å². The van der Waals surface area contributed by atoms with E-state index >= 15 is 0 Å². The molecule has 1 aromatic carbocycles. The molecule has 1 aromatic rings. The molecule has 84 valence electrons. The first-order chi connectivity index (χ1) is 7.41. The Morgan fingerprint density at radius 1 is 1.44 bits per heavy atom. The molecule has 0 fully saturated rings. The lowest BCUT2D eigenvalue weighted by Gasteiger charge is -2.29. The number of fused-ring (bicyclic) bond motifs is 1. The number of hydrogen-bond acceptors (Lipinski definition) is 2. The van der Waals surface area contributed by atoms with Gasteiger partial charge in [0, 0.05) is 5.56 Å². The van der Waals surface area contributed by atoms with Crippen LogP contribution in [0.1, 0.15) is 29.8 Å². The number of primary amides is 1. The van der Waals surface area contributed by atoms with E-state index in [2.05, 4.69) is 0 Å². The summed E-state index contributed by atoms with van der Waals surface area (Å²) in [4.78, 5) is 11.2. The van der Waals surface area contributed by atoms with Crippen LogP contribution in [-0.2, 0) is 0 Å². The van der Waals surface area contributed by atoms with Gasteiger partial charge >= 0.3 is 0 Å². The predicted molar refractivity (Wildman–Crippen MR) is 58.7 cm³/mol. The minimum atomic E-state index is -0.819. The molecule has 0 aliphatic carbocycles. The molecule has 0 spiro atoms. The fourth-order valence-corrected chi connectivity index (χ4v) is 1.63. The monoisotopic (exact) mass is 221 g/mol. The van der Waals surface area contributed by atoms with Gasteiger partial charge in [0.1, 0.15) is 22.7 Å². The van der Waals surface area contributed by atoms with Crippen molar-refractivity contribution in [3.8, 4) is 5.75 Å². The van der Waals surface area contributed by atoms with Crippen LogP contribution in [0, 0.1) is 5.82 Å². The quantitative estimate of drug-likeness (QED) is 0.789. The van der Waals surface area contributed by atoms with Gasteiger partial charge in [0.25, 0.3) is 5.91 Å². The molecule has 1 amide bonds. The standard InChI is InChI=1S/C12H12FNO2/c1-12(2)6-5-7-3-4-8(13)9(11(14)15)10(7)16-12/h3-6H,1-2H3,(H2,14,15). The number of ether oxygens (including phenoxy) is 1. The Morgan fingerprint density at radius 2 is 2.12 bits per heavy atom. The second-order valence-corrected chi connectivity index (χ2v) is 4.24. The first-order valence-electron chi connectivity index (χ1n) is 4.91. The van der Waals surface area contributed by atoms with Crippen LogP contribution in [0.2, 0.25) is 0 Å². The average molecular weight is 221 g/mol. The van der Waals surface area contributed by atoms with Gasteiger partial charge in [-0.15, -0.1) is 0 Å². The third kappa shape index (κ3) is 1.66. The highest BCUT2D eigenvalue weighted by Crippen LogP contribution is 2.34. The number of halogens is 1. The van der Waals surface area contributed by atoms with E-state index in [0.717, 1.165) is 0 Å². The zero-order chi connectivity index (χ0) is 11.9. The lowest BCUT2D eigenvalue weighted by Crippen LogP contribution is -2.29. The molecule has 0 aromatic heterocycles. The van der Waals surface area contributed by atoms with E-state index in [4.69, 9.17) is 10.5 Å². The molecular weight excluding hydrogens is 209 g/mol. The van der Waals surface area contributed by atoms with Crippen molar-refractivity contribution in [2.24, 2.45) is 5.73 Å². The number of hydrogen-bond donors (Lipinski definition) is 1. The topological polar surface area (TPSA) is 52.3 Å². The molecule has 0 saturated carbocycles. The van der Waals surface area contributed by atoms with E-state index in [1.165, 1.54) is 6.07 Å². The van der Waals surface area contributed by atoms with Gasteiger partial charge < -0.3 is 10.5 Å². The Morgan fingerprint density at radius 3 is 2.75 bits per heavy atom. The molecule has 0 atom stereocenters. The molecule has 2 N–H and O–H groups in total. The van der Waals surface area contributed by atoms with Gasteiger partial charge in [-0.2, -0.15) is 0 Å². The molecule has 16 heavy (non-hydrogen) atoms. The Hall–Kier alpha value is -1.84. The normalized spacial score (nSPS) is 16.4. The summed E-state index contributed by atoms with van der Waals surface area (Å²) in [7, 11) is 0. The van der Waals surface area contributed by atoms with Crippen molar-refractivity contribution in [2.45, 2.75) is 19.4 Å². The molecule has 3 nitrogen and oxygen atoms in total. The Balaban J connectivity index is 2.65. The van der Waals surface area contributed by atoms with Gasteiger partial charge in [0.2, 0.25) is 0 Å². The van der Waals surface area contributed by atoms with Crippen molar-refractivity contribution in [2.75, 3.05) is 0 Å². The van der Waals surface area contributed by atoms with Crippen LogP contribution in [0.25, 0.3) is 6.08 Å². The molecule has 0 saturated heterocycles. The molecule has 0 bridgehead atoms. The van der Waals surface area contributed by atoms with E-state index in [1.54, 1.807) is 12.1 Å². The molecule has 0 radical (unpaired) electrons. The number of carbonyl (C=O) groups excluding carboxylic acids is 1. The summed E-state index contributed by atoms with van der Waals surface area (Å²) < 4.78 is 19.0. The van der Waals surface area contributed by atoms with Gasteiger partial charge in [-0.05, 0) is 32.1 Å². The van der Waals surface area contributed by atoms with Crippen LogP contribution in [0.4, 0.5) is 4.39 Å². The molecule has 2 rings (SSSR count). The van der Waals surface area contributed by atoms with Gasteiger partial charge in [0.05, 0.1) is 0 Å². The third-order valence-corrected chi connectivity index (χ3v) is 2.41. The van der Waals surface area contributed by atoms with E-state index < -0.39 is 17.3 Å². The number of amides is 1. The fraction of sp³-hybridized carbons (Fsp3) is 0.250. The van der Waals surface area contributed by atoms with Crippen molar-refractivity contribution < 1.29 is 13.9 Å². The van der Waals surface area contributed by atoms with Crippen LogP contribution in [0.5, 0.6) is 5.75 Å². The van der Waals surface area contributed by atoms with Crippen molar-refractivity contribution in [3.63, 3.8) is 0 Å². The Labute approximate surface area is 92.7 Å². The largest absolute Gasteiger partial charge is 0.482 e. The summed E-state index contributed by atoms with van der Waals surface area (Å²) in [5.41, 5.74) is 5.06. The summed E-state index contributed by atoms with van der Waals surface area (Å²) in [5, 5.41) is 0. The van der Waals surface area contributed by atoms with Crippen LogP contribution < -0.4 is 10.5 Å². The van der Waals surface area contributed by atoms with E-state index in [1.807, 2.05) is 19.9 Å². The lowest BCUT2D eigenvalue weighted by atomic mass is 9.99. The molecule has 1 aliphatic heterocycles. The average Bonchev–Trinajstić information content (AvgIpc) is 2.15. The predicted octanol–water partition coefficient (Wildman–Crippen LogP) is 2.11. The van der Waals surface area contributed by atoms with Gasteiger partial charge in [-0.25, -0.2) is 4.39 Å². The van der Waals surface area contributed by atoms with Crippen LogP contribution in [-0.4, -0.2) is 11.5 Å². The van der Waals surface area contributed by atoms with E-state index in [-0.39, 0.29) is 11.3 Å². The lowest BCUT2D eigenvalue weighted by molar-refractivity contribution is 0.0982. The first kappa shape index (κ1) is 10.7. The molecule has 0 unspecified atom stereocenters. The number of benzene rings is 1. The van der Waals surface area contributed by atoms with Crippen molar-refractivity contribution in [1.82, 2.24) is 0 Å². The Bertz CT molecular complexity index is 492. The van der Waals surface area contributed by atoms with Crippen molar-refractivity contribution in [1.29, 1.82) is 0 Å². The summed E-state index contributed by atoms with van der Waals surface area (Å²) >= 11 is 0. The maximum atomic E-state index is 13.5. The van der Waals surface area contributed by atoms with Crippen LogP contribution in [0.15, 0.2) is 18.2 Å². The molecule has 1 heterocycles.